The number of hydrogen-bond acceptors (Lipinski definition) is 6. The van der Waals surface area contributed by atoms with Crippen LogP contribution in [0.2, 0.25) is 10.0 Å². The molecule has 1 aliphatic heterocycles. The molecule has 9 heteroatoms. The highest BCUT2D eigenvalue weighted by Crippen LogP contribution is 2.26. The molecule has 2 N–H and O–H groups in total. The van der Waals surface area contributed by atoms with Gasteiger partial charge in [-0.25, -0.2) is 0 Å². The maximum atomic E-state index is 13.3. The van der Waals surface area contributed by atoms with Crippen molar-refractivity contribution in [1.82, 2.24) is 14.6 Å². The molecule has 1 fully saturated rings. The van der Waals surface area contributed by atoms with Crippen LogP contribution in [0.3, 0.4) is 0 Å². The summed E-state index contributed by atoms with van der Waals surface area (Å²) < 4.78 is 5.53. The van der Waals surface area contributed by atoms with Crippen LogP contribution in [0, 0.1) is 0 Å². The first-order valence-electron chi connectivity index (χ1n) is 10.2. The average molecular weight is 477 g/mol. The van der Waals surface area contributed by atoms with Gasteiger partial charge in [-0.05, 0) is 61.3 Å². The molecule has 2 aromatic carbocycles. The smallest absolute Gasteiger partial charge is 0.260 e. The zero-order valence-electron chi connectivity index (χ0n) is 16.7. The van der Waals surface area contributed by atoms with Crippen molar-refractivity contribution in [2.45, 2.75) is 25.3 Å². The summed E-state index contributed by atoms with van der Waals surface area (Å²) in [6.45, 7) is 1.35. The topological polar surface area (TPSA) is 74.3 Å². The van der Waals surface area contributed by atoms with E-state index < -0.39 is 5.91 Å². The lowest BCUT2D eigenvalue weighted by Gasteiger charge is -2.29. The first kappa shape index (κ1) is 22.0. The van der Waals surface area contributed by atoms with Gasteiger partial charge in [0.2, 0.25) is 5.91 Å². The number of imide groups is 1. The molecule has 162 valence electrons. The molecule has 1 unspecified atom stereocenters. The van der Waals surface area contributed by atoms with Gasteiger partial charge in [0.05, 0.1) is 10.7 Å². The van der Waals surface area contributed by atoms with Gasteiger partial charge in [0.25, 0.3) is 5.91 Å². The van der Waals surface area contributed by atoms with Crippen LogP contribution in [0.5, 0.6) is 0 Å². The van der Waals surface area contributed by atoms with Crippen molar-refractivity contribution in [1.29, 1.82) is 0 Å². The number of anilines is 1. The standard InChI is InChI=1S/C22H22Cl2N4O2S/c23-15-11-14(12-16(24)13-15)21(29)28(22(30)18-6-3-4-8-25-18)10-9-26-20-17-5-1-2-7-19(17)31-27-20/h1-2,5,7,11-13,18,25H,3-4,6,8-10H2,(H,26,27). The number of nitrogens with one attached hydrogen (secondary N) is 2. The molecule has 1 aromatic heterocycles. The molecule has 2 amide bonds. The first-order chi connectivity index (χ1) is 15.0. The number of aromatic nitrogens is 1. The van der Waals surface area contributed by atoms with Crippen molar-refractivity contribution in [3.05, 3.63) is 58.1 Å². The van der Waals surface area contributed by atoms with E-state index >= 15 is 0 Å². The Balaban J connectivity index is 1.52. The monoisotopic (exact) mass is 476 g/mol. The summed E-state index contributed by atoms with van der Waals surface area (Å²) in [6, 6.07) is 12.2. The molecule has 1 aliphatic rings. The Hall–Kier alpha value is -2.19. The molecule has 0 radical (unpaired) electrons. The lowest BCUT2D eigenvalue weighted by atomic mass is 10.0. The van der Waals surface area contributed by atoms with Crippen LogP contribution < -0.4 is 10.6 Å². The molecule has 2 heterocycles. The number of hydrogen-bond donors (Lipinski definition) is 2. The zero-order valence-corrected chi connectivity index (χ0v) is 19.1. The van der Waals surface area contributed by atoms with Gasteiger partial charge in [0.1, 0.15) is 5.82 Å². The normalized spacial score (nSPS) is 16.3. The molecule has 4 rings (SSSR count). The maximum Gasteiger partial charge on any atom is 0.260 e. The summed E-state index contributed by atoms with van der Waals surface area (Å²) in [6.07, 6.45) is 2.70. The number of carbonyl (C=O) groups is 2. The van der Waals surface area contributed by atoms with Crippen LogP contribution in [0.25, 0.3) is 10.1 Å². The Labute approximate surface area is 194 Å². The van der Waals surface area contributed by atoms with E-state index in [1.165, 1.54) is 28.6 Å². The van der Waals surface area contributed by atoms with E-state index in [1.54, 1.807) is 6.07 Å². The van der Waals surface area contributed by atoms with E-state index in [9.17, 15) is 9.59 Å². The van der Waals surface area contributed by atoms with E-state index in [2.05, 4.69) is 15.0 Å². The second kappa shape index (κ2) is 9.96. The Kier molecular flexibility index (Phi) is 7.07. The number of fused-ring (bicyclic) bond motifs is 1. The Morgan fingerprint density at radius 1 is 1.16 bits per heavy atom. The molecule has 1 atom stereocenters. The van der Waals surface area contributed by atoms with E-state index in [1.807, 2.05) is 24.3 Å². The summed E-state index contributed by atoms with van der Waals surface area (Å²) >= 11 is 13.6. The van der Waals surface area contributed by atoms with Crippen molar-refractivity contribution in [3.63, 3.8) is 0 Å². The number of amides is 2. The molecule has 0 aliphatic carbocycles. The largest absolute Gasteiger partial charge is 0.367 e. The van der Waals surface area contributed by atoms with Gasteiger partial charge in [-0.2, -0.15) is 4.37 Å². The molecule has 0 spiro atoms. The Bertz CT molecular complexity index is 1080. The fraction of sp³-hybridized carbons (Fsp3) is 0.318. The fourth-order valence-electron chi connectivity index (χ4n) is 3.70. The second-order valence-corrected chi connectivity index (χ2v) is 9.09. The van der Waals surface area contributed by atoms with Crippen LogP contribution >= 0.6 is 34.7 Å². The highest BCUT2D eigenvalue weighted by atomic mass is 35.5. The minimum Gasteiger partial charge on any atom is -0.367 e. The van der Waals surface area contributed by atoms with E-state index in [0.29, 0.717) is 28.6 Å². The number of rotatable bonds is 6. The summed E-state index contributed by atoms with van der Waals surface area (Å²) in [5, 5.41) is 8.22. The number of piperidine rings is 1. The third-order valence-corrected chi connectivity index (χ3v) is 6.50. The van der Waals surface area contributed by atoms with E-state index in [0.717, 1.165) is 35.3 Å². The van der Waals surface area contributed by atoms with E-state index in [-0.39, 0.29) is 18.5 Å². The quantitative estimate of drug-likeness (QED) is 0.498. The van der Waals surface area contributed by atoms with Crippen LogP contribution in [-0.4, -0.2) is 46.8 Å². The first-order valence-corrected chi connectivity index (χ1v) is 11.7. The third kappa shape index (κ3) is 5.18. The highest BCUT2D eigenvalue weighted by molar-refractivity contribution is 7.13. The van der Waals surface area contributed by atoms with Crippen molar-refractivity contribution in [2.75, 3.05) is 25.0 Å². The van der Waals surface area contributed by atoms with Gasteiger partial charge in [-0.15, -0.1) is 0 Å². The molecule has 31 heavy (non-hydrogen) atoms. The van der Waals surface area contributed by atoms with Crippen molar-refractivity contribution in [2.24, 2.45) is 0 Å². The molecule has 0 bridgehead atoms. The predicted octanol–water partition coefficient (Wildman–Crippen LogP) is 4.83. The van der Waals surface area contributed by atoms with Crippen molar-refractivity contribution >= 4 is 62.5 Å². The van der Waals surface area contributed by atoms with Crippen LogP contribution in [-0.2, 0) is 4.79 Å². The average Bonchev–Trinajstić information content (AvgIpc) is 3.19. The lowest BCUT2D eigenvalue weighted by molar-refractivity contribution is -0.131. The summed E-state index contributed by atoms with van der Waals surface area (Å²) in [4.78, 5) is 27.8. The van der Waals surface area contributed by atoms with Crippen LogP contribution in [0.4, 0.5) is 5.82 Å². The van der Waals surface area contributed by atoms with Crippen molar-refractivity contribution < 1.29 is 9.59 Å². The fourth-order valence-corrected chi connectivity index (χ4v) is 4.98. The van der Waals surface area contributed by atoms with Gasteiger partial charge < -0.3 is 10.6 Å². The number of nitrogens with zero attached hydrogens (tertiary/aromatic N) is 2. The molecule has 3 aromatic rings. The van der Waals surface area contributed by atoms with Crippen LogP contribution in [0.1, 0.15) is 29.6 Å². The highest BCUT2D eigenvalue weighted by Gasteiger charge is 2.30. The summed E-state index contributed by atoms with van der Waals surface area (Å²) in [7, 11) is 0. The van der Waals surface area contributed by atoms with Gasteiger partial charge in [-0.3, -0.25) is 14.5 Å². The SMILES string of the molecule is O=C(c1cc(Cl)cc(Cl)c1)N(CCNc1nsc2ccccc12)C(=O)C1CCCCN1. The van der Waals surface area contributed by atoms with Gasteiger partial charge >= 0.3 is 0 Å². The third-order valence-electron chi connectivity index (χ3n) is 5.23. The minimum absolute atomic E-state index is 0.200. The zero-order chi connectivity index (χ0) is 21.8. The van der Waals surface area contributed by atoms with Gasteiger partial charge in [0.15, 0.2) is 0 Å². The number of benzene rings is 2. The minimum atomic E-state index is -0.410. The Morgan fingerprint density at radius 2 is 1.94 bits per heavy atom. The number of halogens is 2. The Morgan fingerprint density at radius 3 is 2.68 bits per heavy atom. The summed E-state index contributed by atoms with van der Waals surface area (Å²) in [5.74, 6) is 0.111. The second-order valence-electron chi connectivity index (χ2n) is 7.41. The van der Waals surface area contributed by atoms with E-state index in [4.69, 9.17) is 23.2 Å². The van der Waals surface area contributed by atoms with Gasteiger partial charge in [0, 0.05) is 34.1 Å². The molecule has 1 saturated heterocycles. The predicted molar refractivity (Wildman–Crippen MR) is 126 cm³/mol. The number of carbonyl (C=O) groups excluding carboxylic acids is 2. The summed E-state index contributed by atoms with van der Waals surface area (Å²) in [5.41, 5.74) is 0.292. The lowest BCUT2D eigenvalue weighted by Crippen LogP contribution is -2.51. The van der Waals surface area contributed by atoms with Crippen molar-refractivity contribution in [3.8, 4) is 0 Å². The maximum absolute atomic E-state index is 13.3. The van der Waals surface area contributed by atoms with Crippen LogP contribution in [0.15, 0.2) is 42.5 Å². The van der Waals surface area contributed by atoms with Gasteiger partial charge in [-0.1, -0.05) is 41.8 Å². The molecular weight excluding hydrogens is 455 g/mol. The molecule has 6 nitrogen and oxygen atoms in total. The molecular formula is C22H22Cl2N4O2S. The molecule has 0 saturated carbocycles.